The highest BCUT2D eigenvalue weighted by atomic mass is 16.5. The monoisotopic (exact) mass is 555 g/mol. The van der Waals surface area contributed by atoms with Gasteiger partial charge in [0.05, 0.1) is 24.5 Å². The molecule has 4 aromatic carbocycles. The first-order valence-corrected chi connectivity index (χ1v) is 13.3. The van der Waals surface area contributed by atoms with E-state index in [4.69, 9.17) is 23.4 Å². The van der Waals surface area contributed by atoms with Crippen molar-refractivity contribution in [3.05, 3.63) is 99.7 Å². The number of benzene rings is 4. The molecule has 41 heavy (non-hydrogen) atoms. The minimum absolute atomic E-state index is 0.00255. The summed E-state index contributed by atoms with van der Waals surface area (Å²) < 4.78 is 29.8. The van der Waals surface area contributed by atoms with Crippen molar-refractivity contribution in [3.8, 4) is 28.7 Å². The van der Waals surface area contributed by atoms with Crippen molar-refractivity contribution in [3.63, 3.8) is 0 Å². The largest absolute Gasteiger partial charge is 0.493 e. The topological polar surface area (TPSA) is 90.6 Å². The Morgan fingerprint density at radius 3 is 2.27 bits per heavy atom. The van der Waals surface area contributed by atoms with E-state index < -0.39 is 0 Å². The van der Waals surface area contributed by atoms with Gasteiger partial charge in [-0.15, -0.1) is 0 Å². The summed E-state index contributed by atoms with van der Waals surface area (Å²) >= 11 is 0. The molecule has 5 rings (SSSR count). The van der Waals surface area contributed by atoms with Crippen LogP contribution in [0.1, 0.15) is 16.7 Å². The number of rotatable bonds is 11. The average Bonchev–Trinajstić information content (AvgIpc) is 2.97. The van der Waals surface area contributed by atoms with Crippen molar-refractivity contribution in [2.24, 2.45) is 0 Å². The highest BCUT2D eigenvalue weighted by Crippen LogP contribution is 2.35. The SMILES string of the molecule is COc1cc(Oc2ccc3c(=O)c4cc(C)cc(OCCN(C)C)c4oc3c2)ccc1OCc1ccc(CO)cc1. The van der Waals surface area contributed by atoms with Crippen LogP contribution in [0.3, 0.4) is 0 Å². The lowest BCUT2D eigenvalue weighted by Crippen LogP contribution is -2.19. The standard InChI is InChI=1S/C33H33NO7/c1-21-15-27-32(36)26-11-9-24(17-29(26)41-33(27)31(16-21)38-14-13-34(2)3)40-25-10-12-28(30(18-25)37-4)39-20-23-7-5-22(19-35)6-8-23/h5-12,15-18,35H,13-14,19-20H2,1-4H3. The fraction of sp³-hybridized carbons (Fsp3) is 0.242. The number of methoxy groups -OCH3 is 1. The van der Waals surface area contributed by atoms with Crippen LogP contribution in [-0.2, 0) is 13.2 Å². The van der Waals surface area contributed by atoms with Gasteiger partial charge >= 0.3 is 0 Å². The zero-order chi connectivity index (χ0) is 28.9. The highest BCUT2D eigenvalue weighted by molar-refractivity contribution is 5.93. The van der Waals surface area contributed by atoms with Crippen LogP contribution in [0.5, 0.6) is 28.7 Å². The molecular formula is C33H33NO7. The summed E-state index contributed by atoms with van der Waals surface area (Å²) in [6.07, 6.45) is 0. The molecule has 8 heteroatoms. The van der Waals surface area contributed by atoms with Crippen LogP contribution in [0.25, 0.3) is 21.9 Å². The van der Waals surface area contributed by atoms with Crippen LogP contribution in [0.4, 0.5) is 0 Å². The molecule has 1 aromatic heterocycles. The van der Waals surface area contributed by atoms with Crippen LogP contribution in [0.2, 0.25) is 0 Å². The normalized spacial score (nSPS) is 11.3. The van der Waals surface area contributed by atoms with Gasteiger partial charge in [0.1, 0.15) is 30.3 Å². The molecule has 0 aliphatic heterocycles. The maximum Gasteiger partial charge on any atom is 0.200 e. The minimum Gasteiger partial charge on any atom is -0.493 e. The Morgan fingerprint density at radius 1 is 0.805 bits per heavy atom. The maximum atomic E-state index is 13.4. The molecule has 0 aliphatic rings. The summed E-state index contributed by atoms with van der Waals surface area (Å²) in [6.45, 7) is 3.48. The van der Waals surface area contributed by atoms with E-state index in [1.54, 1.807) is 43.5 Å². The molecule has 0 spiro atoms. The van der Waals surface area contributed by atoms with E-state index in [2.05, 4.69) is 0 Å². The lowest BCUT2D eigenvalue weighted by molar-refractivity contribution is 0.261. The number of aryl methyl sites for hydroxylation is 1. The molecule has 0 bridgehead atoms. The molecule has 1 N–H and O–H groups in total. The number of aliphatic hydroxyl groups excluding tert-OH is 1. The van der Waals surface area contributed by atoms with Crippen molar-refractivity contribution >= 4 is 21.9 Å². The molecular weight excluding hydrogens is 522 g/mol. The molecule has 0 atom stereocenters. The van der Waals surface area contributed by atoms with Crippen LogP contribution >= 0.6 is 0 Å². The average molecular weight is 556 g/mol. The van der Waals surface area contributed by atoms with Gasteiger partial charge in [-0.2, -0.15) is 0 Å². The van der Waals surface area contributed by atoms with E-state index in [1.165, 1.54) is 0 Å². The molecule has 8 nitrogen and oxygen atoms in total. The zero-order valence-corrected chi connectivity index (χ0v) is 23.6. The minimum atomic E-state index is -0.122. The molecule has 1 heterocycles. The first-order chi connectivity index (χ1) is 19.8. The van der Waals surface area contributed by atoms with Gasteiger partial charge in [-0.3, -0.25) is 4.79 Å². The van der Waals surface area contributed by atoms with Crippen LogP contribution in [-0.4, -0.2) is 44.4 Å². The fourth-order valence-electron chi connectivity index (χ4n) is 4.42. The van der Waals surface area contributed by atoms with Crippen molar-refractivity contribution in [1.29, 1.82) is 0 Å². The Morgan fingerprint density at radius 2 is 1.54 bits per heavy atom. The molecule has 0 amide bonds. The van der Waals surface area contributed by atoms with Crippen LogP contribution in [0.15, 0.2) is 82.0 Å². The third-order valence-corrected chi connectivity index (χ3v) is 6.62. The van der Waals surface area contributed by atoms with Gasteiger partial charge in [0.25, 0.3) is 0 Å². The Bertz CT molecular complexity index is 1720. The summed E-state index contributed by atoms with van der Waals surface area (Å²) in [4.78, 5) is 15.4. The predicted molar refractivity (Wildman–Crippen MR) is 159 cm³/mol. The number of fused-ring (bicyclic) bond motifs is 2. The zero-order valence-electron chi connectivity index (χ0n) is 23.6. The molecule has 212 valence electrons. The first-order valence-electron chi connectivity index (χ1n) is 13.3. The third kappa shape index (κ3) is 6.45. The maximum absolute atomic E-state index is 13.4. The number of nitrogens with zero attached hydrogens (tertiary/aromatic N) is 1. The first kappa shape index (κ1) is 28.0. The number of ether oxygens (including phenoxy) is 4. The molecule has 0 unspecified atom stereocenters. The number of hydrogen-bond donors (Lipinski definition) is 1. The molecule has 0 radical (unpaired) electrons. The second kappa shape index (κ2) is 12.3. The highest BCUT2D eigenvalue weighted by Gasteiger charge is 2.15. The van der Waals surface area contributed by atoms with Crippen molar-refractivity contribution < 1.29 is 28.5 Å². The van der Waals surface area contributed by atoms with E-state index >= 15 is 0 Å². The van der Waals surface area contributed by atoms with Gasteiger partial charge in [-0.05, 0) is 74.1 Å². The van der Waals surface area contributed by atoms with Gasteiger partial charge < -0.3 is 33.4 Å². The lowest BCUT2D eigenvalue weighted by Gasteiger charge is -2.14. The van der Waals surface area contributed by atoms with Gasteiger partial charge in [0, 0.05) is 18.7 Å². The van der Waals surface area contributed by atoms with Crippen molar-refractivity contribution in [2.75, 3.05) is 34.4 Å². The Kier molecular flexibility index (Phi) is 8.42. The summed E-state index contributed by atoms with van der Waals surface area (Å²) in [6, 6.07) is 21.7. The Labute approximate surface area is 238 Å². The number of likely N-dealkylation sites (N-methyl/N-ethyl adjacent to an activating group) is 1. The molecule has 0 fully saturated rings. The van der Waals surface area contributed by atoms with E-state index in [0.29, 0.717) is 63.9 Å². The van der Waals surface area contributed by atoms with Crippen LogP contribution < -0.4 is 24.4 Å². The predicted octanol–water partition coefficient (Wildman–Crippen LogP) is 6.07. The van der Waals surface area contributed by atoms with E-state index in [0.717, 1.165) is 23.2 Å². The second-order valence-corrected chi connectivity index (χ2v) is 10.1. The van der Waals surface area contributed by atoms with Crippen LogP contribution in [0, 0.1) is 6.92 Å². The lowest BCUT2D eigenvalue weighted by atomic mass is 10.1. The second-order valence-electron chi connectivity index (χ2n) is 10.1. The van der Waals surface area contributed by atoms with Gasteiger partial charge in [0.2, 0.25) is 5.43 Å². The van der Waals surface area contributed by atoms with Crippen molar-refractivity contribution in [2.45, 2.75) is 20.1 Å². The van der Waals surface area contributed by atoms with E-state index in [1.807, 2.05) is 62.3 Å². The summed E-state index contributed by atoms with van der Waals surface area (Å²) in [5.41, 5.74) is 3.43. The van der Waals surface area contributed by atoms with Gasteiger partial charge in [-0.1, -0.05) is 24.3 Å². The molecule has 0 saturated carbocycles. The summed E-state index contributed by atoms with van der Waals surface area (Å²) in [5.74, 6) is 2.66. The van der Waals surface area contributed by atoms with Gasteiger partial charge in [0.15, 0.2) is 22.8 Å². The van der Waals surface area contributed by atoms with Crippen molar-refractivity contribution in [1.82, 2.24) is 4.90 Å². The number of aliphatic hydroxyl groups is 1. The van der Waals surface area contributed by atoms with E-state index in [9.17, 15) is 9.90 Å². The molecule has 0 saturated heterocycles. The fourth-order valence-corrected chi connectivity index (χ4v) is 4.42. The Balaban J connectivity index is 1.39. The van der Waals surface area contributed by atoms with E-state index in [-0.39, 0.29) is 12.0 Å². The summed E-state index contributed by atoms with van der Waals surface area (Å²) in [5, 5.41) is 10.2. The number of hydrogen-bond acceptors (Lipinski definition) is 8. The third-order valence-electron chi connectivity index (χ3n) is 6.62. The van der Waals surface area contributed by atoms with Gasteiger partial charge in [-0.25, -0.2) is 0 Å². The molecule has 0 aliphatic carbocycles. The Hall–Kier alpha value is -4.53. The quantitative estimate of drug-likeness (QED) is 0.197. The molecule has 5 aromatic rings. The smallest absolute Gasteiger partial charge is 0.200 e. The summed E-state index contributed by atoms with van der Waals surface area (Å²) in [7, 11) is 5.52.